The Morgan fingerprint density at radius 2 is 2.29 bits per heavy atom. The van der Waals surface area contributed by atoms with E-state index in [0.29, 0.717) is 5.75 Å². The summed E-state index contributed by atoms with van der Waals surface area (Å²) >= 11 is 0. The van der Waals surface area contributed by atoms with Crippen LogP contribution in [0.3, 0.4) is 0 Å². The third-order valence-corrected chi connectivity index (χ3v) is 2.08. The molecule has 8 nitrogen and oxygen atoms in total. The molecule has 0 fully saturated rings. The van der Waals surface area contributed by atoms with Crippen LogP contribution < -0.4 is 9.47 Å². The average molecular weight is 231 g/mol. The van der Waals surface area contributed by atoms with Crippen LogP contribution in [0.25, 0.3) is 5.43 Å². The van der Waals surface area contributed by atoms with Gasteiger partial charge in [-0.2, -0.15) is 0 Å². The molecule has 86 valence electrons. The molecule has 2 heterocycles. The second-order valence-corrected chi connectivity index (χ2v) is 3.17. The Balaban J connectivity index is 1.70. The first-order valence-corrected chi connectivity index (χ1v) is 4.79. The predicted molar refractivity (Wildman–Crippen MR) is 57.4 cm³/mol. The maximum absolute atomic E-state index is 5.24. The fourth-order valence-electron chi connectivity index (χ4n) is 1.34. The Labute approximate surface area is 95.6 Å². The highest BCUT2D eigenvalue weighted by atomic mass is 16.7. The van der Waals surface area contributed by atoms with Crippen molar-refractivity contribution in [2.24, 2.45) is 5.10 Å². The van der Waals surface area contributed by atoms with E-state index in [9.17, 15) is 0 Å². The Bertz CT molecular complexity index is 538. The molecule has 8 heteroatoms. The molecule has 0 spiro atoms. The van der Waals surface area contributed by atoms with Gasteiger partial charge in [-0.15, -0.1) is 5.21 Å². The van der Waals surface area contributed by atoms with Crippen molar-refractivity contribution >= 4 is 12.2 Å². The standard InChI is InChI=1S/C9H7N6O2/c1-2-7-8(17-5-16-7)3-6(1)4-10-11-9-12-14-15-13-9/h1-4H,5H2,(H-,11,12,13,14,15)/q-1/b10-4-. The van der Waals surface area contributed by atoms with Crippen LogP contribution >= 0.6 is 0 Å². The highest BCUT2D eigenvalue weighted by Gasteiger charge is 2.12. The van der Waals surface area contributed by atoms with Gasteiger partial charge < -0.3 is 9.47 Å². The van der Waals surface area contributed by atoms with Crippen LogP contribution in [0.5, 0.6) is 11.5 Å². The largest absolute Gasteiger partial charge is 0.454 e. The molecule has 0 saturated carbocycles. The first-order valence-electron chi connectivity index (χ1n) is 4.79. The van der Waals surface area contributed by atoms with E-state index in [1.54, 1.807) is 6.21 Å². The first kappa shape index (κ1) is 9.58. The summed E-state index contributed by atoms with van der Waals surface area (Å²) in [5, 5.41) is 16.7. The number of fused-ring (bicyclic) bond motifs is 1. The first-order chi connectivity index (χ1) is 8.42. The quantitative estimate of drug-likeness (QED) is 0.626. The molecule has 0 saturated heterocycles. The molecule has 0 aliphatic carbocycles. The van der Waals surface area contributed by atoms with E-state index in [-0.39, 0.29) is 12.7 Å². The zero-order valence-corrected chi connectivity index (χ0v) is 8.57. The summed E-state index contributed by atoms with van der Waals surface area (Å²) in [6.07, 6.45) is 1.57. The Morgan fingerprint density at radius 1 is 1.35 bits per heavy atom. The van der Waals surface area contributed by atoms with Crippen molar-refractivity contribution in [3.8, 4) is 11.5 Å². The van der Waals surface area contributed by atoms with Crippen molar-refractivity contribution in [1.29, 1.82) is 0 Å². The number of H-pyrrole nitrogens is 1. The summed E-state index contributed by atoms with van der Waals surface area (Å²) in [4.78, 5) is 0. The molecule has 1 aromatic carbocycles. The summed E-state index contributed by atoms with van der Waals surface area (Å²) in [6, 6.07) is 5.48. The van der Waals surface area contributed by atoms with E-state index >= 15 is 0 Å². The van der Waals surface area contributed by atoms with Gasteiger partial charge in [0.1, 0.15) is 0 Å². The van der Waals surface area contributed by atoms with Gasteiger partial charge in [-0.05, 0) is 23.8 Å². The molecule has 0 unspecified atom stereocenters. The van der Waals surface area contributed by atoms with Gasteiger partial charge in [0.05, 0.1) is 5.95 Å². The maximum atomic E-state index is 5.24. The number of tetrazole rings is 1. The van der Waals surface area contributed by atoms with Crippen LogP contribution in [0.15, 0.2) is 23.3 Å². The van der Waals surface area contributed by atoms with Crippen molar-refractivity contribution in [3.63, 3.8) is 0 Å². The lowest BCUT2D eigenvalue weighted by molar-refractivity contribution is 0.174. The number of hydrogen-bond donors (Lipinski definition) is 1. The van der Waals surface area contributed by atoms with Crippen molar-refractivity contribution in [3.05, 3.63) is 29.2 Å². The van der Waals surface area contributed by atoms with Crippen molar-refractivity contribution in [2.75, 3.05) is 6.79 Å². The fourth-order valence-corrected chi connectivity index (χ4v) is 1.34. The van der Waals surface area contributed by atoms with Gasteiger partial charge in [-0.3, -0.25) is 20.8 Å². The van der Waals surface area contributed by atoms with Crippen molar-refractivity contribution < 1.29 is 9.47 Å². The topological polar surface area (TPSA) is 99.4 Å². The molecule has 0 bridgehead atoms. The molecule has 1 aliphatic rings. The molecule has 1 aliphatic heterocycles. The molecule has 3 rings (SSSR count). The van der Waals surface area contributed by atoms with Gasteiger partial charge in [-0.25, -0.2) is 5.10 Å². The number of nitrogens with zero attached hydrogens (tertiary/aromatic N) is 5. The monoisotopic (exact) mass is 231 g/mol. The van der Waals surface area contributed by atoms with E-state index < -0.39 is 0 Å². The van der Waals surface area contributed by atoms with Crippen LogP contribution in [0.2, 0.25) is 0 Å². The number of rotatable bonds is 3. The SMILES string of the molecule is C(=N/[N-]c1nn[nH]n1)/c1ccc2c(c1)OCO2. The van der Waals surface area contributed by atoms with Crippen molar-refractivity contribution in [2.45, 2.75) is 0 Å². The molecular weight excluding hydrogens is 224 g/mol. The lowest BCUT2D eigenvalue weighted by Gasteiger charge is -1.99. The number of hydrogen-bond acceptors (Lipinski definition) is 6. The number of nitrogens with one attached hydrogen (secondary N) is 1. The second-order valence-electron chi connectivity index (χ2n) is 3.17. The average Bonchev–Trinajstić information content (AvgIpc) is 2.98. The summed E-state index contributed by atoms with van der Waals surface area (Å²) < 4.78 is 10.4. The number of ether oxygens (including phenoxy) is 2. The van der Waals surface area contributed by atoms with Crippen LogP contribution in [0.4, 0.5) is 5.95 Å². The Morgan fingerprint density at radius 3 is 3.18 bits per heavy atom. The summed E-state index contributed by atoms with van der Waals surface area (Å²) in [5.41, 5.74) is 4.59. The lowest BCUT2D eigenvalue weighted by Crippen LogP contribution is -1.92. The number of aromatic amines is 1. The van der Waals surface area contributed by atoms with Crippen molar-refractivity contribution in [1.82, 2.24) is 20.6 Å². The molecular formula is C9H7N6O2-. The highest BCUT2D eigenvalue weighted by molar-refractivity contribution is 5.81. The highest BCUT2D eigenvalue weighted by Crippen LogP contribution is 2.32. The minimum Gasteiger partial charge on any atom is -0.454 e. The maximum Gasteiger partial charge on any atom is 0.231 e. The second kappa shape index (κ2) is 4.08. The van der Waals surface area contributed by atoms with Crippen LogP contribution in [-0.2, 0) is 0 Å². The van der Waals surface area contributed by atoms with E-state index in [1.165, 1.54) is 0 Å². The molecule has 0 radical (unpaired) electrons. The summed E-state index contributed by atoms with van der Waals surface area (Å²) in [6.45, 7) is 0.253. The fraction of sp³-hybridized carbons (Fsp3) is 0.111. The van der Waals surface area contributed by atoms with Gasteiger partial charge in [0.25, 0.3) is 0 Å². The smallest absolute Gasteiger partial charge is 0.231 e. The zero-order valence-electron chi connectivity index (χ0n) is 8.57. The van der Waals surface area contributed by atoms with Gasteiger partial charge in [0.15, 0.2) is 11.5 Å². The van der Waals surface area contributed by atoms with Gasteiger partial charge in [0.2, 0.25) is 6.79 Å². The third-order valence-electron chi connectivity index (χ3n) is 2.08. The van der Waals surface area contributed by atoms with Gasteiger partial charge in [0, 0.05) is 6.21 Å². The van der Waals surface area contributed by atoms with E-state index in [2.05, 4.69) is 31.2 Å². The minimum atomic E-state index is 0.182. The predicted octanol–water partition coefficient (Wildman–Crippen LogP) is 0.968. The van der Waals surface area contributed by atoms with E-state index in [4.69, 9.17) is 9.47 Å². The Hall–Kier alpha value is -2.64. The molecule has 1 aromatic heterocycles. The van der Waals surface area contributed by atoms with E-state index in [1.807, 2.05) is 18.2 Å². The minimum absolute atomic E-state index is 0.182. The normalized spacial score (nSPS) is 13.2. The Kier molecular flexibility index (Phi) is 2.30. The van der Waals surface area contributed by atoms with Crippen LogP contribution in [0.1, 0.15) is 5.56 Å². The van der Waals surface area contributed by atoms with E-state index in [0.717, 1.165) is 11.3 Å². The van der Waals surface area contributed by atoms with Crippen LogP contribution in [0, 0.1) is 0 Å². The third kappa shape index (κ3) is 2.00. The van der Waals surface area contributed by atoms with Crippen LogP contribution in [-0.4, -0.2) is 33.6 Å². The molecule has 1 N–H and O–H groups in total. The number of aromatic nitrogens is 4. The number of benzene rings is 1. The molecule has 0 amide bonds. The summed E-state index contributed by atoms with van der Waals surface area (Å²) in [5.74, 6) is 1.62. The molecule has 0 atom stereocenters. The lowest BCUT2D eigenvalue weighted by atomic mass is 10.2. The molecule has 17 heavy (non-hydrogen) atoms. The molecule has 2 aromatic rings. The van der Waals surface area contributed by atoms with Gasteiger partial charge in [-0.1, -0.05) is 0 Å². The van der Waals surface area contributed by atoms with Gasteiger partial charge >= 0.3 is 0 Å². The summed E-state index contributed by atoms with van der Waals surface area (Å²) in [7, 11) is 0. The zero-order chi connectivity index (χ0) is 11.5.